The van der Waals surface area contributed by atoms with Crippen LogP contribution in [0, 0.1) is 0 Å². The molecule has 1 saturated carbocycles. The van der Waals surface area contributed by atoms with E-state index in [0.29, 0.717) is 0 Å². The summed E-state index contributed by atoms with van der Waals surface area (Å²) >= 11 is 0. The Bertz CT molecular complexity index is 3670. The Morgan fingerprint density at radius 3 is 1.42 bits per heavy atom. The molecule has 0 bridgehead atoms. The van der Waals surface area contributed by atoms with Crippen LogP contribution in [0.5, 0.6) is 0 Å². The summed E-state index contributed by atoms with van der Waals surface area (Å²) < 4.78 is 0. The van der Waals surface area contributed by atoms with Crippen molar-refractivity contribution >= 4 is 88.3 Å². The molecular formula is C64H48Si. The van der Waals surface area contributed by atoms with Crippen LogP contribution in [0.2, 0.25) is 5.04 Å². The number of rotatable bonds is 5. The second-order valence-electron chi connectivity index (χ2n) is 19.7. The molecule has 0 spiro atoms. The lowest BCUT2D eigenvalue weighted by Crippen LogP contribution is -2.72. The van der Waals surface area contributed by atoms with Crippen LogP contribution in [-0.2, 0) is 5.41 Å². The molecule has 308 valence electrons. The summed E-state index contributed by atoms with van der Waals surface area (Å²) in [5, 5.41) is 21.0. The zero-order chi connectivity index (χ0) is 43.1. The van der Waals surface area contributed by atoms with E-state index in [1.807, 2.05) is 0 Å². The van der Waals surface area contributed by atoms with Gasteiger partial charge in [0.25, 0.3) is 0 Å². The summed E-state index contributed by atoms with van der Waals surface area (Å²) in [6.45, 7) is 5.34. The molecule has 1 aliphatic carbocycles. The lowest BCUT2D eigenvalue weighted by molar-refractivity contribution is 0.241. The number of fused-ring (bicyclic) bond motifs is 9. The zero-order valence-electron chi connectivity index (χ0n) is 37.0. The van der Waals surface area contributed by atoms with E-state index < -0.39 is 8.07 Å². The van der Waals surface area contributed by atoms with Crippen LogP contribution in [0.1, 0.15) is 45.1 Å². The van der Waals surface area contributed by atoms with Gasteiger partial charge in [0, 0.05) is 0 Å². The maximum atomic E-state index is 2.69. The van der Waals surface area contributed by atoms with E-state index in [4.69, 9.17) is 0 Å². The fraction of sp³-hybridized carbons (Fsp3) is 0.125. The van der Waals surface area contributed by atoms with E-state index >= 15 is 0 Å². The molecule has 2 atom stereocenters. The largest absolute Gasteiger partial charge is 0.155 e. The molecule has 12 aromatic carbocycles. The molecule has 1 fully saturated rings. The number of hydrogen-bond acceptors (Lipinski definition) is 0. The molecule has 0 radical (unpaired) electrons. The predicted molar refractivity (Wildman–Crippen MR) is 282 cm³/mol. The minimum absolute atomic E-state index is 0.0501. The minimum Gasteiger partial charge on any atom is -0.0624 e. The van der Waals surface area contributed by atoms with Crippen molar-refractivity contribution in [3.05, 3.63) is 212 Å². The van der Waals surface area contributed by atoms with Crippen molar-refractivity contribution in [1.29, 1.82) is 0 Å². The summed E-state index contributed by atoms with van der Waals surface area (Å²) in [4.78, 5) is 0. The van der Waals surface area contributed by atoms with E-state index in [1.54, 1.807) is 21.1 Å². The highest BCUT2D eigenvalue weighted by molar-refractivity contribution is 7.14. The van der Waals surface area contributed by atoms with Crippen molar-refractivity contribution in [1.82, 2.24) is 0 Å². The highest BCUT2D eigenvalue weighted by Gasteiger charge is 2.68. The van der Waals surface area contributed by atoms with Gasteiger partial charge in [-0.2, -0.15) is 0 Å². The molecule has 2 aliphatic rings. The van der Waals surface area contributed by atoms with Crippen molar-refractivity contribution in [3.8, 4) is 33.4 Å². The van der Waals surface area contributed by atoms with Crippen molar-refractivity contribution in [3.63, 3.8) is 0 Å². The quantitative estimate of drug-likeness (QED) is 0.151. The molecule has 1 heteroatoms. The van der Waals surface area contributed by atoms with Gasteiger partial charge in [0.1, 0.15) is 0 Å². The van der Waals surface area contributed by atoms with E-state index in [-0.39, 0.29) is 10.5 Å². The normalized spacial score (nSPS) is 19.2. The maximum absolute atomic E-state index is 2.69. The van der Waals surface area contributed by atoms with Gasteiger partial charge in [-0.3, -0.25) is 0 Å². The van der Waals surface area contributed by atoms with Gasteiger partial charge < -0.3 is 0 Å². The Labute approximate surface area is 381 Å². The van der Waals surface area contributed by atoms with E-state index in [1.165, 1.54) is 124 Å². The maximum Gasteiger partial charge on any atom is 0.155 e. The summed E-state index contributed by atoms with van der Waals surface area (Å²) in [5.41, 5.74) is 9.51. The van der Waals surface area contributed by atoms with Gasteiger partial charge in [-0.15, -0.1) is 0 Å². The SMILES string of the molecule is CC12CCCCC1(C)[Si](c1ccccc1)(c1ccccc1)c1ccc(-c3ccc4c5c(-c6ccccc6)c6c7cccc8cccc(c6c(-c6ccccc6)c5c5cccc3c54)c87)cc12. The molecule has 65 heavy (non-hydrogen) atoms. The summed E-state index contributed by atoms with van der Waals surface area (Å²) in [7, 11) is -2.52. The highest BCUT2D eigenvalue weighted by atomic mass is 28.3. The molecule has 1 aliphatic heterocycles. The molecular weight excluding hydrogens is 797 g/mol. The van der Waals surface area contributed by atoms with Gasteiger partial charge in [-0.05, 0) is 142 Å². The van der Waals surface area contributed by atoms with Crippen molar-refractivity contribution in [2.24, 2.45) is 0 Å². The van der Waals surface area contributed by atoms with Crippen LogP contribution in [0.3, 0.4) is 0 Å². The van der Waals surface area contributed by atoms with Crippen molar-refractivity contribution in [2.75, 3.05) is 0 Å². The van der Waals surface area contributed by atoms with Crippen LogP contribution >= 0.6 is 0 Å². The molecule has 1 heterocycles. The number of hydrogen-bond donors (Lipinski definition) is 0. The van der Waals surface area contributed by atoms with Gasteiger partial charge in [0.05, 0.1) is 0 Å². The average Bonchev–Trinajstić information content (AvgIpc) is 3.94. The third-order valence-corrected chi connectivity index (χ3v) is 23.1. The smallest absolute Gasteiger partial charge is 0.0624 e. The molecule has 14 rings (SSSR count). The molecule has 12 aromatic rings. The second-order valence-corrected chi connectivity index (χ2v) is 24.0. The highest BCUT2D eigenvalue weighted by Crippen LogP contribution is 2.66. The van der Waals surface area contributed by atoms with Gasteiger partial charge in [-0.1, -0.05) is 233 Å². The van der Waals surface area contributed by atoms with Crippen LogP contribution in [-0.4, -0.2) is 8.07 Å². The molecule has 2 unspecified atom stereocenters. The topological polar surface area (TPSA) is 0 Å². The third-order valence-electron chi connectivity index (χ3n) is 17.0. The Kier molecular flexibility index (Phi) is 7.74. The van der Waals surface area contributed by atoms with E-state index in [2.05, 4.69) is 220 Å². The third kappa shape index (κ3) is 4.66. The second kappa shape index (κ2) is 13.5. The Hall–Kier alpha value is -7.06. The van der Waals surface area contributed by atoms with Gasteiger partial charge in [0.2, 0.25) is 0 Å². The minimum atomic E-state index is -2.52. The first kappa shape index (κ1) is 37.3. The zero-order valence-corrected chi connectivity index (χ0v) is 38.0. The average molecular weight is 845 g/mol. The summed E-state index contributed by atoms with van der Waals surface area (Å²) in [6, 6.07) is 79.5. The van der Waals surface area contributed by atoms with Gasteiger partial charge in [-0.25, -0.2) is 0 Å². The summed E-state index contributed by atoms with van der Waals surface area (Å²) in [5.74, 6) is 0. The monoisotopic (exact) mass is 844 g/mol. The fourth-order valence-corrected chi connectivity index (χ4v) is 21.2. The van der Waals surface area contributed by atoms with E-state index in [9.17, 15) is 0 Å². The predicted octanol–water partition coefficient (Wildman–Crippen LogP) is 15.6. The molecule has 0 nitrogen and oxygen atoms in total. The molecule has 0 saturated heterocycles. The van der Waals surface area contributed by atoms with Crippen LogP contribution in [0.4, 0.5) is 0 Å². The van der Waals surface area contributed by atoms with Crippen molar-refractivity contribution < 1.29 is 0 Å². The van der Waals surface area contributed by atoms with E-state index in [0.717, 1.165) is 0 Å². The first-order valence-corrected chi connectivity index (χ1v) is 25.7. The Morgan fingerprint density at radius 1 is 0.369 bits per heavy atom. The summed E-state index contributed by atoms with van der Waals surface area (Å²) in [6.07, 6.45) is 5.04. The first-order valence-electron chi connectivity index (χ1n) is 23.7. The first-order chi connectivity index (χ1) is 32.0. The fourth-order valence-electron chi connectivity index (χ4n) is 14.3. The number of benzene rings is 10. The van der Waals surface area contributed by atoms with Crippen LogP contribution in [0.15, 0.2) is 206 Å². The molecule has 0 aromatic heterocycles. The van der Waals surface area contributed by atoms with Gasteiger partial charge >= 0.3 is 0 Å². The van der Waals surface area contributed by atoms with Crippen LogP contribution in [0.25, 0.3) is 98.0 Å². The Balaban J connectivity index is 1.10. The van der Waals surface area contributed by atoms with Crippen molar-refractivity contribution in [2.45, 2.75) is 50.0 Å². The van der Waals surface area contributed by atoms with Crippen LogP contribution < -0.4 is 15.6 Å². The lowest BCUT2D eigenvalue weighted by Gasteiger charge is -2.54. The molecule has 0 N–H and O–H groups in total. The Morgan fingerprint density at radius 2 is 0.846 bits per heavy atom. The lowest BCUT2D eigenvalue weighted by atomic mass is 9.64. The van der Waals surface area contributed by atoms with Gasteiger partial charge in [0.15, 0.2) is 8.07 Å². The molecule has 0 amide bonds. The standard InChI is InChI=1S/C64H48Si/c1-63-38-15-16-39-64(63,2)65(45-26-11-5-12-27-45,46-28-13-6-14-29-46)54-37-34-44(40-53(54)63)47-35-36-52-58-48(47)30-19-33-51(58)61-56(42-20-7-3-8-21-42)59-49-31-17-24-41-25-18-32-50(55(41)49)60(59)57(62(52)61)43-22-9-4-10-23-43/h3-14,17-37,40H,15-16,38-39H2,1-2H3.